The molecule has 0 fully saturated rings. The summed E-state index contributed by atoms with van der Waals surface area (Å²) in [5.41, 5.74) is 14.0. The molecule has 8 aromatic heterocycles. The lowest BCUT2D eigenvalue weighted by Crippen LogP contribution is -1.94. The summed E-state index contributed by atoms with van der Waals surface area (Å²) in [6, 6.07) is 44.4. The van der Waals surface area contributed by atoms with E-state index >= 15 is 0 Å². The van der Waals surface area contributed by atoms with Gasteiger partial charge in [-0.05, 0) is 103 Å². The van der Waals surface area contributed by atoms with Crippen molar-refractivity contribution < 1.29 is 0 Å². The van der Waals surface area contributed by atoms with Gasteiger partial charge in [-0.3, -0.25) is 24.9 Å². The molecule has 0 radical (unpaired) electrons. The van der Waals surface area contributed by atoms with Crippen molar-refractivity contribution in [2.24, 2.45) is 0 Å². The zero-order valence-corrected chi connectivity index (χ0v) is 28.9. The van der Waals surface area contributed by atoms with Gasteiger partial charge in [-0.25, -0.2) is 15.0 Å². The molecule has 8 heteroatoms. The third-order valence-electron chi connectivity index (χ3n) is 9.01. The van der Waals surface area contributed by atoms with Crippen LogP contribution in [0.25, 0.3) is 90.1 Å². The van der Waals surface area contributed by atoms with Gasteiger partial charge in [0.05, 0.1) is 45.6 Å². The maximum Gasteiger partial charge on any atom is 0.0725 e. The molecule has 0 spiro atoms. The minimum Gasteiger partial charge on any atom is -0.264 e. The van der Waals surface area contributed by atoms with E-state index in [0.29, 0.717) is 0 Å². The van der Waals surface area contributed by atoms with Crippen LogP contribution in [0.4, 0.5) is 0 Å². The topological polar surface area (TPSA) is 103 Å². The number of rotatable bonds is 8. The predicted molar refractivity (Wildman–Crippen MR) is 212 cm³/mol. The number of hydrogen-bond acceptors (Lipinski definition) is 8. The summed E-state index contributed by atoms with van der Waals surface area (Å²) >= 11 is 0. The molecule has 0 saturated heterocycles. The molecule has 54 heavy (non-hydrogen) atoms. The Labute approximate surface area is 312 Å². The number of aromatic nitrogens is 8. The van der Waals surface area contributed by atoms with Crippen molar-refractivity contribution in [1.29, 1.82) is 0 Å². The fourth-order valence-corrected chi connectivity index (χ4v) is 6.36. The van der Waals surface area contributed by atoms with E-state index in [9.17, 15) is 0 Å². The van der Waals surface area contributed by atoms with Crippen molar-refractivity contribution in [1.82, 2.24) is 39.9 Å². The molecular weight excluding hydrogens is 665 g/mol. The van der Waals surface area contributed by atoms with E-state index in [0.717, 1.165) is 90.1 Å². The standard InChI is InChI=1S/C46H30N8/c1-3-19-50-39(10-1)35-24-37(29-48-27-35)45-16-6-14-43(53-45)33-21-32(42-13-5-12-41(52-42)31-9-8-18-47-26-31)22-34(23-33)44-15-7-17-46(54-44)38-25-36(28-49-30-38)40-11-2-4-20-51-40/h1-30H. The van der Waals surface area contributed by atoms with Gasteiger partial charge < -0.3 is 0 Å². The highest BCUT2D eigenvalue weighted by atomic mass is 14.8. The van der Waals surface area contributed by atoms with Gasteiger partial charge in [-0.1, -0.05) is 30.3 Å². The fourth-order valence-electron chi connectivity index (χ4n) is 6.36. The lowest BCUT2D eigenvalue weighted by molar-refractivity contribution is 1.25. The summed E-state index contributed by atoms with van der Waals surface area (Å²) in [4.78, 5) is 37.8. The number of pyridine rings is 8. The maximum absolute atomic E-state index is 5.16. The lowest BCUT2D eigenvalue weighted by atomic mass is 9.98. The van der Waals surface area contributed by atoms with Crippen LogP contribution < -0.4 is 0 Å². The Morgan fingerprint density at radius 3 is 0.981 bits per heavy atom. The van der Waals surface area contributed by atoms with Crippen LogP contribution in [0, 0.1) is 0 Å². The van der Waals surface area contributed by atoms with Gasteiger partial charge in [0.2, 0.25) is 0 Å². The van der Waals surface area contributed by atoms with Gasteiger partial charge in [-0.15, -0.1) is 0 Å². The van der Waals surface area contributed by atoms with Gasteiger partial charge >= 0.3 is 0 Å². The summed E-state index contributed by atoms with van der Waals surface area (Å²) in [5.74, 6) is 0. The largest absolute Gasteiger partial charge is 0.264 e. The molecule has 0 atom stereocenters. The molecule has 0 N–H and O–H groups in total. The molecule has 254 valence electrons. The van der Waals surface area contributed by atoms with Crippen LogP contribution >= 0.6 is 0 Å². The van der Waals surface area contributed by atoms with Gasteiger partial charge in [0.15, 0.2) is 0 Å². The molecule has 0 amide bonds. The second-order valence-electron chi connectivity index (χ2n) is 12.6. The molecule has 8 nitrogen and oxygen atoms in total. The Hall–Kier alpha value is -7.58. The van der Waals surface area contributed by atoms with Crippen molar-refractivity contribution in [3.05, 3.63) is 183 Å². The molecular formula is C46H30N8. The summed E-state index contributed by atoms with van der Waals surface area (Å²) in [7, 11) is 0. The van der Waals surface area contributed by atoms with E-state index in [-0.39, 0.29) is 0 Å². The van der Waals surface area contributed by atoms with E-state index < -0.39 is 0 Å². The van der Waals surface area contributed by atoms with Crippen LogP contribution in [-0.4, -0.2) is 39.9 Å². The SMILES string of the molecule is c1ccc(-c2cncc(-c3cccc(-c4cc(-c5cccc(-c6cccnc6)n5)cc(-c5cccc(-c6cncc(-c7ccccn7)c6)n5)c4)n3)c2)nc1. The monoisotopic (exact) mass is 694 g/mol. The normalized spacial score (nSPS) is 11.0. The highest BCUT2D eigenvalue weighted by molar-refractivity contribution is 5.81. The van der Waals surface area contributed by atoms with Crippen molar-refractivity contribution >= 4 is 0 Å². The summed E-state index contributed by atoms with van der Waals surface area (Å²) in [6.45, 7) is 0. The summed E-state index contributed by atoms with van der Waals surface area (Å²) in [6.07, 6.45) is 14.5. The molecule has 0 aliphatic heterocycles. The van der Waals surface area contributed by atoms with E-state index in [1.807, 2.05) is 134 Å². The first kappa shape index (κ1) is 32.3. The second kappa shape index (κ2) is 14.6. The van der Waals surface area contributed by atoms with Crippen LogP contribution in [-0.2, 0) is 0 Å². The molecule has 8 heterocycles. The lowest BCUT2D eigenvalue weighted by Gasteiger charge is -2.13. The fraction of sp³-hybridized carbons (Fsp3) is 0. The van der Waals surface area contributed by atoms with E-state index in [1.165, 1.54) is 0 Å². The molecule has 0 aliphatic rings. The smallest absolute Gasteiger partial charge is 0.0725 e. The first-order valence-corrected chi connectivity index (χ1v) is 17.4. The van der Waals surface area contributed by atoms with Crippen LogP contribution in [0.3, 0.4) is 0 Å². The quantitative estimate of drug-likeness (QED) is 0.155. The Kier molecular flexibility index (Phi) is 8.73. The summed E-state index contributed by atoms with van der Waals surface area (Å²) in [5, 5.41) is 0. The van der Waals surface area contributed by atoms with E-state index in [4.69, 9.17) is 15.0 Å². The third-order valence-corrected chi connectivity index (χ3v) is 9.01. The Morgan fingerprint density at radius 2 is 0.593 bits per heavy atom. The number of hydrogen-bond donors (Lipinski definition) is 0. The Morgan fingerprint density at radius 1 is 0.241 bits per heavy atom. The van der Waals surface area contributed by atoms with Gasteiger partial charge in [0.25, 0.3) is 0 Å². The molecule has 9 aromatic rings. The van der Waals surface area contributed by atoms with Gasteiger partial charge in [0.1, 0.15) is 0 Å². The molecule has 0 aliphatic carbocycles. The van der Waals surface area contributed by atoms with Crippen LogP contribution in [0.15, 0.2) is 183 Å². The average Bonchev–Trinajstić information content (AvgIpc) is 3.27. The average molecular weight is 695 g/mol. The zero-order valence-electron chi connectivity index (χ0n) is 28.9. The zero-order chi connectivity index (χ0) is 36.1. The Bertz CT molecular complexity index is 2580. The van der Waals surface area contributed by atoms with Crippen molar-refractivity contribution in [3.8, 4) is 90.1 Å². The van der Waals surface area contributed by atoms with E-state index in [2.05, 4.69) is 55.3 Å². The highest BCUT2D eigenvalue weighted by Gasteiger charge is 2.14. The second-order valence-corrected chi connectivity index (χ2v) is 12.6. The van der Waals surface area contributed by atoms with Crippen LogP contribution in [0.5, 0.6) is 0 Å². The summed E-state index contributed by atoms with van der Waals surface area (Å²) < 4.78 is 0. The van der Waals surface area contributed by atoms with Gasteiger partial charge in [-0.2, -0.15) is 0 Å². The molecule has 0 saturated carbocycles. The third kappa shape index (κ3) is 6.87. The molecule has 1 aromatic carbocycles. The van der Waals surface area contributed by atoms with Crippen LogP contribution in [0.1, 0.15) is 0 Å². The predicted octanol–water partition coefficient (Wildman–Crippen LogP) is 10.2. The van der Waals surface area contributed by atoms with Crippen molar-refractivity contribution in [2.75, 3.05) is 0 Å². The Balaban J connectivity index is 1.15. The van der Waals surface area contributed by atoms with Crippen molar-refractivity contribution in [2.45, 2.75) is 0 Å². The highest BCUT2D eigenvalue weighted by Crippen LogP contribution is 2.34. The molecule has 0 unspecified atom stereocenters. The van der Waals surface area contributed by atoms with E-state index in [1.54, 1.807) is 18.6 Å². The molecule has 9 rings (SSSR count). The van der Waals surface area contributed by atoms with Crippen molar-refractivity contribution in [3.63, 3.8) is 0 Å². The first-order valence-electron chi connectivity index (χ1n) is 17.4. The maximum atomic E-state index is 5.16. The molecule has 0 bridgehead atoms. The van der Waals surface area contributed by atoms with Gasteiger partial charge in [0, 0.05) is 94.1 Å². The minimum absolute atomic E-state index is 0.807. The minimum atomic E-state index is 0.807. The van der Waals surface area contributed by atoms with Crippen LogP contribution in [0.2, 0.25) is 0 Å². The number of nitrogens with zero attached hydrogens (tertiary/aromatic N) is 8. The number of benzene rings is 1. The first-order chi connectivity index (χ1) is 26.7.